The minimum atomic E-state index is -0.171. The van der Waals surface area contributed by atoms with Crippen LogP contribution in [0.25, 0.3) is 0 Å². The lowest BCUT2D eigenvalue weighted by molar-refractivity contribution is 0.457. The maximum atomic E-state index is 7.01. The Morgan fingerprint density at radius 1 is 1.06 bits per heavy atom. The molecule has 2 heteroatoms. The molecule has 1 aromatic rings. The fourth-order valence-electron chi connectivity index (χ4n) is 3.13. The van der Waals surface area contributed by atoms with Crippen LogP contribution in [0.4, 0.5) is 0 Å². The highest BCUT2D eigenvalue weighted by Crippen LogP contribution is 2.80. The third-order valence-corrected chi connectivity index (χ3v) is 7.70. The molecule has 0 amide bonds. The number of rotatable bonds is 3. The maximum Gasteiger partial charge on any atom is 0.0818 e. The lowest BCUT2D eigenvalue weighted by Gasteiger charge is -2.14. The molecule has 0 aliphatic heterocycles. The van der Waals surface area contributed by atoms with Gasteiger partial charge in [-0.15, -0.1) is 22.9 Å². The van der Waals surface area contributed by atoms with E-state index in [-0.39, 0.29) is 15.7 Å². The lowest BCUT2D eigenvalue weighted by Crippen LogP contribution is -2.08. The molecule has 0 bridgehead atoms. The van der Waals surface area contributed by atoms with Crippen LogP contribution < -0.4 is 0 Å². The van der Waals surface area contributed by atoms with E-state index in [1.54, 1.807) is 0 Å². The third kappa shape index (κ3) is 1.42. The number of hydrogen-bond acceptors (Lipinski definition) is 1. The minimum Gasteiger partial charge on any atom is -0.145 e. The van der Waals surface area contributed by atoms with Gasteiger partial charge >= 0.3 is 0 Å². The fraction of sp³-hybridized carbons (Fsp3) is 0.733. The van der Waals surface area contributed by atoms with E-state index in [0.29, 0.717) is 0 Å². The van der Waals surface area contributed by atoms with Gasteiger partial charge in [0.1, 0.15) is 0 Å². The van der Waals surface area contributed by atoms with Crippen LogP contribution in [0.5, 0.6) is 0 Å². The summed E-state index contributed by atoms with van der Waals surface area (Å²) in [6.07, 6.45) is 2.21. The van der Waals surface area contributed by atoms with Crippen molar-refractivity contribution in [1.29, 1.82) is 0 Å². The van der Waals surface area contributed by atoms with Crippen LogP contribution in [-0.2, 0) is 17.7 Å². The average molecular weight is 271 g/mol. The Kier molecular flexibility index (Phi) is 2.95. The molecule has 1 fully saturated rings. The highest BCUT2D eigenvalue weighted by atomic mass is 35.5. The van der Waals surface area contributed by atoms with Crippen LogP contribution in [0.1, 0.15) is 56.9 Å². The molecule has 0 unspecified atom stereocenters. The van der Waals surface area contributed by atoms with Crippen molar-refractivity contribution < 1.29 is 0 Å². The second kappa shape index (κ2) is 3.74. The van der Waals surface area contributed by atoms with Gasteiger partial charge in [-0.3, -0.25) is 0 Å². The summed E-state index contributed by atoms with van der Waals surface area (Å²) >= 11 is 8.96. The van der Waals surface area contributed by atoms with Crippen molar-refractivity contribution >= 4 is 22.9 Å². The van der Waals surface area contributed by atoms with Gasteiger partial charge in [-0.1, -0.05) is 41.5 Å². The number of aryl methyl sites for hydroxylation is 2. The Bertz CT molecular complexity index is 426. The third-order valence-electron chi connectivity index (χ3n) is 5.12. The van der Waals surface area contributed by atoms with Gasteiger partial charge in [-0.25, -0.2) is 0 Å². The summed E-state index contributed by atoms with van der Waals surface area (Å²) in [5.74, 6) is 0. The Morgan fingerprint density at radius 3 is 1.94 bits per heavy atom. The maximum absolute atomic E-state index is 7.01. The average Bonchev–Trinajstić information content (AvgIpc) is 2.66. The summed E-state index contributed by atoms with van der Waals surface area (Å²) in [5, 5.41) is 0. The number of halogens is 1. The van der Waals surface area contributed by atoms with Crippen LogP contribution in [0.3, 0.4) is 0 Å². The predicted octanol–water partition coefficient (Wildman–Crippen LogP) is 5.37. The van der Waals surface area contributed by atoms with Gasteiger partial charge in [0.05, 0.1) is 4.87 Å². The van der Waals surface area contributed by atoms with E-state index in [1.807, 2.05) is 11.3 Å². The zero-order valence-corrected chi connectivity index (χ0v) is 13.4. The van der Waals surface area contributed by atoms with Gasteiger partial charge in [-0.05, 0) is 35.3 Å². The molecule has 0 atom stereocenters. The summed E-state index contributed by atoms with van der Waals surface area (Å²) in [5.41, 5.74) is 1.76. The summed E-state index contributed by atoms with van der Waals surface area (Å²) in [6, 6.07) is 2.35. The normalized spacial score (nSPS) is 23.7. The standard InChI is InChI=1S/C15H23ClS/c1-7-10-9-11(12(8-2)17-10)15(16)13(3,4)14(15,5)6/h9H,7-8H2,1-6H3. The van der Waals surface area contributed by atoms with Crippen LogP contribution in [-0.4, -0.2) is 0 Å². The number of alkyl halides is 1. The van der Waals surface area contributed by atoms with Crippen LogP contribution in [0.2, 0.25) is 0 Å². The molecule has 0 spiro atoms. The van der Waals surface area contributed by atoms with E-state index < -0.39 is 0 Å². The van der Waals surface area contributed by atoms with E-state index in [4.69, 9.17) is 11.6 Å². The van der Waals surface area contributed by atoms with Gasteiger partial charge in [-0.2, -0.15) is 0 Å². The van der Waals surface area contributed by atoms with Crippen molar-refractivity contribution in [3.8, 4) is 0 Å². The second-order valence-corrected chi connectivity index (χ2v) is 7.95. The van der Waals surface area contributed by atoms with Gasteiger partial charge < -0.3 is 0 Å². The van der Waals surface area contributed by atoms with Crippen molar-refractivity contribution in [2.75, 3.05) is 0 Å². The summed E-state index contributed by atoms with van der Waals surface area (Å²) in [4.78, 5) is 2.78. The minimum absolute atomic E-state index is 0.171. The quantitative estimate of drug-likeness (QED) is 0.648. The van der Waals surface area contributed by atoms with E-state index in [0.717, 1.165) is 12.8 Å². The van der Waals surface area contributed by atoms with Crippen LogP contribution >= 0.6 is 22.9 Å². The SMILES string of the molecule is CCc1cc(C2(Cl)C(C)(C)C2(C)C)c(CC)s1. The molecule has 1 aliphatic rings. The van der Waals surface area contributed by atoms with Crippen molar-refractivity contribution in [3.63, 3.8) is 0 Å². The first-order valence-electron chi connectivity index (χ1n) is 6.55. The first-order valence-corrected chi connectivity index (χ1v) is 7.74. The molecule has 96 valence electrons. The molecular weight excluding hydrogens is 248 g/mol. The molecule has 0 saturated heterocycles. The van der Waals surface area contributed by atoms with Gasteiger partial charge in [0.2, 0.25) is 0 Å². The van der Waals surface area contributed by atoms with Crippen LogP contribution in [0.15, 0.2) is 6.07 Å². The van der Waals surface area contributed by atoms with Gasteiger partial charge in [0.25, 0.3) is 0 Å². The smallest absolute Gasteiger partial charge is 0.0818 e. The van der Waals surface area contributed by atoms with Crippen molar-refractivity contribution in [2.45, 2.75) is 59.3 Å². The predicted molar refractivity (Wildman–Crippen MR) is 78.2 cm³/mol. The molecular formula is C15H23ClS. The summed E-state index contributed by atoms with van der Waals surface area (Å²) < 4.78 is 0. The molecule has 0 radical (unpaired) electrons. The molecule has 0 aromatic carbocycles. The largest absolute Gasteiger partial charge is 0.145 e. The molecule has 1 heterocycles. The molecule has 2 rings (SSSR count). The van der Waals surface area contributed by atoms with Gasteiger partial charge in [0.15, 0.2) is 0 Å². The molecule has 1 aliphatic carbocycles. The molecule has 17 heavy (non-hydrogen) atoms. The molecule has 0 nitrogen and oxygen atoms in total. The Balaban J connectivity index is 2.52. The van der Waals surface area contributed by atoms with Crippen molar-refractivity contribution in [3.05, 3.63) is 21.4 Å². The number of thiophene rings is 1. The van der Waals surface area contributed by atoms with E-state index >= 15 is 0 Å². The molecule has 1 aromatic heterocycles. The summed E-state index contributed by atoms with van der Waals surface area (Å²) in [6.45, 7) is 13.6. The second-order valence-electron chi connectivity index (χ2n) is 6.17. The topological polar surface area (TPSA) is 0 Å². The molecule has 1 saturated carbocycles. The highest BCUT2D eigenvalue weighted by molar-refractivity contribution is 7.12. The first kappa shape index (κ1) is 13.4. The lowest BCUT2D eigenvalue weighted by atomic mass is 10.0. The van der Waals surface area contributed by atoms with Crippen molar-refractivity contribution in [2.24, 2.45) is 10.8 Å². The summed E-state index contributed by atoms with van der Waals surface area (Å²) in [7, 11) is 0. The zero-order chi connectivity index (χ0) is 13.1. The highest BCUT2D eigenvalue weighted by Gasteiger charge is 2.77. The van der Waals surface area contributed by atoms with E-state index in [2.05, 4.69) is 47.6 Å². The molecule has 0 N–H and O–H groups in total. The first-order chi connectivity index (χ1) is 7.74. The van der Waals surface area contributed by atoms with Crippen LogP contribution in [0, 0.1) is 10.8 Å². The van der Waals surface area contributed by atoms with Gasteiger partial charge in [0, 0.05) is 9.75 Å². The Hall–Kier alpha value is -0.0100. The fourth-order valence-corrected chi connectivity index (χ4v) is 4.88. The zero-order valence-electron chi connectivity index (χ0n) is 11.8. The van der Waals surface area contributed by atoms with E-state index in [9.17, 15) is 0 Å². The Labute approximate surface area is 114 Å². The van der Waals surface area contributed by atoms with Crippen molar-refractivity contribution in [1.82, 2.24) is 0 Å². The van der Waals surface area contributed by atoms with E-state index in [1.165, 1.54) is 15.3 Å². The number of hydrogen-bond donors (Lipinski definition) is 0. The Morgan fingerprint density at radius 2 is 1.59 bits per heavy atom. The monoisotopic (exact) mass is 270 g/mol.